The number of hydrogen-bond acceptors (Lipinski definition) is 5. The summed E-state index contributed by atoms with van der Waals surface area (Å²) in [5.41, 5.74) is 1.86. The minimum absolute atomic E-state index is 0.0749. The van der Waals surface area contributed by atoms with Gasteiger partial charge in [0.1, 0.15) is 0 Å². The number of nitrogens with zero attached hydrogens (tertiary/aromatic N) is 1. The van der Waals surface area contributed by atoms with Crippen LogP contribution in [0.2, 0.25) is 0 Å². The average Bonchev–Trinajstić information content (AvgIpc) is 2.98. The lowest BCUT2D eigenvalue weighted by atomic mass is 10.2. The van der Waals surface area contributed by atoms with Gasteiger partial charge < -0.3 is 4.90 Å². The van der Waals surface area contributed by atoms with Crippen LogP contribution < -0.4 is 9.62 Å². The SMILES string of the molecule is CC(=O)N1CC(C)Sc2ccc(S(=O)(=O)NCCc3sccc3C)cc21. The number of sulfonamides is 1. The summed E-state index contributed by atoms with van der Waals surface area (Å²) in [6, 6.07) is 7.05. The molecule has 0 saturated carbocycles. The molecule has 5 nitrogen and oxygen atoms in total. The summed E-state index contributed by atoms with van der Waals surface area (Å²) in [7, 11) is -3.62. The van der Waals surface area contributed by atoms with E-state index in [1.54, 1.807) is 46.2 Å². The van der Waals surface area contributed by atoms with E-state index < -0.39 is 10.0 Å². The highest BCUT2D eigenvalue weighted by molar-refractivity contribution is 8.00. The molecule has 1 atom stereocenters. The van der Waals surface area contributed by atoms with Gasteiger partial charge in [-0.1, -0.05) is 6.92 Å². The molecule has 0 fully saturated rings. The number of rotatable bonds is 5. The number of benzene rings is 1. The summed E-state index contributed by atoms with van der Waals surface area (Å²) in [5.74, 6) is -0.0749. The highest BCUT2D eigenvalue weighted by atomic mass is 32.2. The van der Waals surface area contributed by atoms with E-state index in [0.29, 0.717) is 25.2 Å². The Bertz CT molecular complexity index is 922. The number of carbonyl (C=O) groups is 1. The fourth-order valence-corrected chi connectivity index (χ4v) is 5.98. The van der Waals surface area contributed by atoms with Crippen molar-refractivity contribution >= 4 is 44.7 Å². The Balaban J connectivity index is 1.79. The van der Waals surface area contributed by atoms with E-state index in [2.05, 4.69) is 11.6 Å². The molecule has 1 amide bonds. The molecule has 0 bridgehead atoms. The number of anilines is 1. The van der Waals surface area contributed by atoms with Crippen LogP contribution in [0.15, 0.2) is 39.4 Å². The van der Waals surface area contributed by atoms with Crippen LogP contribution in [0.25, 0.3) is 0 Å². The first-order valence-electron chi connectivity index (χ1n) is 8.39. The number of aryl methyl sites for hydroxylation is 1. The van der Waals surface area contributed by atoms with Gasteiger partial charge in [0, 0.05) is 35.0 Å². The van der Waals surface area contributed by atoms with Gasteiger partial charge in [-0.2, -0.15) is 0 Å². The summed E-state index contributed by atoms with van der Waals surface area (Å²) >= 11 is 3.30. The molecule has 1 N–H and O–H groups in total. The van der Waals surface area contributed by atoms with Crippen LogP contribution in [0, 0.1) is 6.92 Å². The van der Waals surface area contributed by atoms with E-state index in [9.17, 15) is 13.2 Å². The summed E-state index contributed by atoms with van der Waals surface area (Å²) in [6.45, 7) is 6.53. The fourth-order valence-electron chi connectivity index (χ4n) is 2.93. The molecule has 0 spiro atoms. The van der Waals surface area contributed by atoms with E-state index in [4.69, 9.17) is 0 Å². The van der Waals surface area contributed by atoms with Gasteiger partial charge in [0.2, 0.25) is 15.9 Å². The second kappa shape index (κ2) is 7.72. The Morgan fingerprint density at radius 3 is 2.77 bits per heavy atom. The Morgan fingerprint density at radius 2 is 2.12 bits per heavy atom. The van der Waals surface area contributed by atoms with Gasteiger partial charge in [-0.3, -0.25) is 4.79 Å². The van der Waals surface area contributed by atoms with E-state index >= 15 is 0 Å². The van der Waals surface area contributed by atoms with Crippen molar-refractivity contribution in [2.24, 2.45) is 0 Å². The number of amides is 1. The molecule has 3 rings (SSSR count). The Morgan fingerprint density at radius 1 is 1.35 bits per heavy atom. The van der Waals surface area contributed by atoms with Crippen molar-refractivity contribution in [1.29, 1.82) is 0 Å². The second-order valence-electron chi connectivity index (χ2n) is 6.36. The first-order chi connectivity index (χ1) is 12.3. The number of thioether (sulfide) groups is 1. The first-order valence-corrected chi connectivity index (χ1v) is 11.6. The van der Waals surface area contributed by atoms with Crippen molar-refractivity contribution in [3.8, 4) is 0 Å². The molecule has 1 aromatic heterocycles. The van der Waals surface area contributed by atoms with Gasteiger partial charge in [-0.25, -0.2) is 13.1 Å². The van der Waals surface area contributed by atoms with Crippen LogP contribution in [0.1, 0.15) is 24.3 Å². The van der Waals surface area contributed by atoms with Crippen LogP contribution in [0.3, 0.4) is 0 Å². The number of carbonyl (C=O) groups excluding carboxylic acids is 1. The molecule has 1 aliphatic heterocycles. The average molecular weight is 411 g/mol. The minimum Gasteiger partial charge on any atom is -0.310 e. The topological polar surface area (TPSA) is 66.5 Å². The lowest BCUT2D eigenvalue weighted by Gasteiger charge is -2.32. The van der Waals surface area contributed by atoms with E-state index in [-0.39, 0.29) is 16.1 Å². The zero-order valence-corrected chi connectivity index (χ0v) is 17.4. The molecule has 2 aromatic rings. The minimum atomic E-state index is -3.62. The van der Waals surface area contributed by atoms with E-state index in [1.807, 2.05) is 18.4 Å². The highest BCUT2D eigenvalue weighted by Crippen LogP contribution is 2.39. The number of fused-ring (bicyclic) bond motifs is 1. The van der Waals surface area contributed by atoms with Crippen LogP contribution in [-0.2, 0) is 21.2 Å². The van der Waals surface area contributed by atoms with E-state index in [0.717, 1.165) is 4.90 Å². The molecule has 1 aliphatic rings. The third kappa shape index (κ3) is 4.14. The highest BCUT2D eigenvalue weighted by Gasteiger charge is 2.27. The van der Waals surface area contributed by atoms with Crippen molar-refractivity contribution in [2.75, 3.05) is 18.0 Å². The number of nitrogens with one attached hydrogen (secondary N) is 1. The largest absolute Gasteiger partial charge is 0.310 e. The van der Waals surface area contributed by atoms with Gasteiger partial charge in [-0.05, 0) is 48.6 Å². The van der Waals surface area contributed by atoms with Crippen molar-refractivity contribution in [1.82, 2.24) is 4.72 Å². The van der Waals surface area contributed by atoms with Crippen molar-refractivity contribution in [2.45, 2.75) is 42.2 Å². The summed E-state index contributed by atoms with van der Waals surface area (Å²) in [4.78, 5) is 15.9. The fraction of sp³-hybridized carbons (Fsp3) is 0.389. The zero-order valence-electron chi connectivity index (χ0n) is 15.0. The molecule has 0 radical (unpaired) electrons. The molecule has 140 valence electrons. The molecular formula is C18H22N2O3S3. The van der Waals surface area contributed by atoms with Gasteiger partial charge in [0.25, 0.3) is 0 Å². The van der Waals surface area contributed by atoms with Gasteiger partial charge in [-0.15, -0.1) is 23.1 Å². The Kier molecular flexibility index (Phi) is 5.76. The Hall–Kier alpha value is -1.35. The molecule has 0 saturated heterocycles. The molecule has 26 heavy (non-hydrogen) atoms. The molecule has 0 aliphatic carbocycles. The van der Waals surface area contributed by atoms with E-state index in [1.165, 1.54) is 17.4 Å². The lowest BCUT2D eigenvalue weighted by molar-refractivity contribution is -0.116. The van der Waals surface area contributed by atoms with Gasteiger partial charge in [0.05, 0.1) is 10.6 Å². The molecule has 8 heteroatoms. The third-order valence-electron chi connectivity index (χ3n) is 4.29. The standard InChI is InChI=1S/C18H22N2O3S3/c1-12-7-9-24-17(12)6-8-19-26(22,23)15-4-5-18-16(10-15)20(14(3)21)11-13(2)25-18/h4-5,7,9-10,13,19H,6,8,11H2,1-3H3. The quantitative estimate of drug-likeness (QED) is 0.820. The second-order valence-corrected chi connectivity index (χ2v) is 10.6. The van der Waals surface area contributed by atoms with Crippen LogP contribution in [0.5, 0.6) is 0 Å². The van der Waals surface area contributed by atoms with Crippen molar-refractivity contribution in [3.63, 3.8) is 0 Å². The number of thiophene rings is 1. The maximum atomic E-state index is 12.7. The molecule has 1 aromatic carbocycles. The van der Waals surface area contributed by atoms with Crippen LogP contribution in [-0.4, -0.2) is 32.7 Å². The first kappa shape index (κ1) is 19.4. The molecule has 2 heterocycles. The summed E-state index contributed by atoms with van der Waals surface area (Å²) < 4.78 is 28.0. The lowest BCUT2D eigenvalue weighted by Crippen LogP contribution is -2.37. The smallest absolute Gasteiger partial charge is 0.240 e. The third-order valence-corrected chi connectivity index (χ3v) is 7.98. The Labute approximate surface area is 162 Å². The maximum absolute atomic E-state index is 12.7. The monoisotopic (exact) mass is 410 g/mol. The zero-order chi connectivity index (χ0) is 18.9. The predicted molar refractivity (Wildman–Crippen MR) is 108 cm³/mol. The normalized spacial score (nSPS) is 17.2. The predicted octanol–water partition coefficient (Wildman–Crippen LogP) is 3.42. The van der Waals surface area contributed by atoms with Crippen LogP contribution >= 0.6 is 23.1 Å². The van der Waals surface area contributed by atoms with Gasteiger partial charge in [0.15, 0.2) is 0 Å². The summed E-state index contributed by atoms with van der Waals surface area (Å²) in [6.07, 6.45) is 0.667. The maximum Gasteiger partial charge on any atom is 0.240 e. The summed E-state index contributed by atoms with van der Waals surface area (Å²) in [5, 5.41) is 2.29. The van der Waals surface area contributed by atoms with Crippen molar-refractivity contribution in [3.05, 3.63) is 40.1 Å². The molecular weight excluding hydrogens is 388 g/mol. The molecule has 1 unspecified atom stereocenters. The van der Waals surface area contributed by atoms with Crippen molar-refractivity contribution < 1.29 is 13.2 Å². The van der Waals surface area contributed by atoms with Crippen LogP contribution in [0.4, 0.5) is 5.69 Å². The number of hydrogen-bond donors (Lipinski definition) is 1. The van der Waals surface area contributed by atoms with Gasteiger partial charge >= 0.3 is 0 Å².